The second-order valence-corrected chi connectivity index (χ2v) is 3.68. The zero-order chi connectivity index (χ0) is 10.8. The zero-order valence-electron chi connectivity index (χ0n) is 8.91. The van der Waals surface area contributed by atoms with Gasteiger partial charge in [0.05, 0.1) is 11.8 Å². The van der Waals surface area contributed by atoms with Gasteiger partial charge in [-0.3, -0.25) is 4.79 Å². The van der Waals surface area contributed by atoms with Gasteiger partial charge in [-0.05, 0) is 31.9 Å². The van der Waals surface area contributed by atoms with E-state index in [1.807, 2.05) is 13.0 Å². The fourth-order valence-electron chi connectivity index (χ4n) is 1.29. The summed E-state index contributed by atoms with van der Waals surface area (Å²) in [6.45, 7) is 1.85. The Bertz CT molecular complexity index is 386. The van der Waals surface area contributed by atoms with Crippen LogP contribution in [0.1, 0.15) is 29.0 Å². The van der Waals surface area contributed by atoms with E-state index in [9.17, 15) is 4.79 Å². The Labute approximate surface area is 88.7 Å². The molecule has 1 heterocycles. The Morgan fingerprint density at radius 3 is 2.80 bits per heavy atom. The molecule has 1 N–H and O–H groups in total. The first-order valence-electron chi connectivity index (χ1n) is 5.07. The number of amides is 1. The van der Waals surface area contributed by atoms with Gasteiger partial charge in [0.1, 0.15) is 11.4 Å². The van der Waals surface area contributed by atoms with Crippen molar-refractivity contribution in [3.63, 3.8) is 0 Å². The number of rotatable bonds is 3. The van der Waals surface area contributed by atoms with Gasteiger partial charge in [-0.1, -0.05) is 0 Å². The topological polar surface area (TPSA) is 51.2 Å². The van der Waals surface area contributed by atoms with Crippen molar-refractivity contribution in [1.82, 2.24) is 10.3 Å². The smallest absolute Gasteiger partial charge is 0.269 e. The highest BCUT2D eigenvalue weighted by atomic mass is 16.5. The monoisotopic (exact) mass is 206 g/mol. The van der Waals surface area contributed by atoms with Crippen molar-refractivity contribution in [1.29, 1.82) is 0 Å². The molecule has 1 amide bonds. The van der Waals surface area contributed by atoms with Gasteiger partial charge in [-0.25, -0.2) is 4.98 Å². The quantitative estimate of drug-likeness (QED) is 0.810. The molecular weight excluding hydrogens is 192 g/mol. The summed E-state index contributed by atoms with van der Waals surface area (Å²) < 4.78 is 5.63. The van der Waals surface area contributed by atoms with Gasteiger partial charge in [0.2, 0.25) is 0 Å². The van der Waals surface area contributed by atoms with Gasteiger partial charge in [-0.2, -0.15) is 0 Å². The second kappa shape index (κ2) is 3.88. The van der Waals surface area contributed by atoms with Gasteiger partial charge >= 0.3 is 0 Å². The van der Waals surface area contributed by atoms with E-state index < -0.39 is 0 Å². The van der Waals surface area contributed by atoms with E-state index in [1.54, 1.807) is 13.1 Å². The lowest BCUT2D eigenvalue weighted by Crippen LogP contribution is -2.19. The summed E-state index contributed by atoms with van der Waals surface area (Å²) in [5, 5.41) is 2.54. The van der Waals surface area contributed by atoms with E-state index >= 15 is 0 Å². The summed E-state index contributed by atoms with van der Waals surface area (Å²) in [6.07, 6.45) is 2.60. The fraction of sp³-hybridized carbons (Fsp3) is 0.455. The highest BCUT2D eigenvalue weighted by molar-refractivity contribution is 5.92. The minimum absolute atomic E-state index is 0.170. The highest BCUT2D eigenvalue weighted by Crippen LogP contribution is 2.28. The van der Waals surface area contributed by atoms with Crippen LogP contribution in [0.5, 0.6) is 5.75 Å². The maximum absolute atomic E-state index is 11.3. The van der Waals surface area contributed by atoms with Crippen LogP contribution in [0.4, 0.5) is 0 Å². The third kappa shape index (κ3) is 2.26. The molecule has 15 heavy (non-hydrogen) atoms. The first-order chi connectivity index (χ1) is 7.20. The van der Waals surface area contributed by atoms with Gasteiger partial charge in [0.25, 0.3) is 5.91 Å². The van der Waals surface area contributed by atoms with E-state index in [0.29, 0.717) is 11.8 Å². The number of carbonyl (C=O) groups excluding carboxylic acids is 1. The fourth-order valence-corrected chi connectivity index (χ4v) is 1.29. The van der Waals surface area contributed by atoms with Crippen LogP contribution in [0.2, 0.25) is 0 Å². The van der Waals surface area contributed by atoms with E-state index in [0.717, 1.165) is 24.3 Å². The molecule has 4 heteroatoms. The average molecular weight is 206 g/mol. The molecule has 1 aliphatic carbocycles. The standard InChI is InChI=1S/C11H14N2O2/c1-7-10(15-8-3-4-8)6-5-9(13-7)11(14)12-2/h5-6,8H,3-4H2,1-2H3,(H,12,14). The number of hydrogen-bond donors (Lipinski definition) is 1. The first-order valence-corrected chi connectivity index (χ1v) is 5.07. The van der Waals surface area contributed by atoms with Crippen molar-refractivity contribution in [2.24, 2.45) is 0 Å². The minimum atomic E-state index is -0.170. The van der Waals surface area contributed by atoms with Crippen LogP contribution in [0.25, 0.3) is 0 Å². The molecule has 1 fully saturated rings. The lowest BCUT2D eigenvalue weighted by molar-refractivity contribution is 0.0958. The van der Waals surface area contributed by atoms with Gasteiger partial charge < -0.3 is 10.1 Å². The molecule has 2 rings (SSSR count). The van der Waals surface area contributed by atoms with E-state index in [4.69, 9.17) is 4.74 Å². The number of nitrogens with zero attached hydrogens (tertiary/aromatic N) is 1. The molecule has 1 saturated carbocycles. The Kier molecular flexibility index (Phi) is 2.58. The van der Waals surface area contributed by atoms with E-state index in [2.05, 4.69) is 10.3 Å². The van der Waals surface area contributed by atoms with Crippen LogP contribution in [0.15, 0.2) is 12.1 Å². The predicted octanol–water partition coefficient (Wildman–Crippen LogP) is 1.29. The second-order valence-electron chi connectivity index (χ2n) is 3.68. The molecule has 0 radical (unpaired) electrons. The summed E-state index contributed by atoms with van der Waals surface area (Å²) >= 11 is 0. The van der Waals surface area contributed by atoms with Crippen molar-refractivity contribution < 1.29 is 9.53 Å². The summed E-state index contributed by atoms with van der Waals surface area (Å²) in [5.74, 6) is 0.612. The van der Waals surface area contributed by atoms with Crippen molar-refractivity contribution in [3.05, 3.63) is 23.5 Å². The molecule has 0 spiro atoms. The molecule has 1 aromatic heterocycles. The molecule has 4 nitrogen and oxygen atoms in total. The Morgan fingerprint density at radius 2 is 2.27 bits per heavy atom. The Hall–Kier alpha value is -1.58. The van der Waals surface area contributed by atoms with Crippen LogP contribution in [0, 0.1) is 6.92 Å². The minimum Gasteiger partial charge on any atom is -0.489 e. The highest BCUT2D eigenvalue weighted by Gasteiger charge is 2.24. The third-order valence-corrected chi connectivity index (χ3v) is 2.32. The van der Waals surface area contributed by atoms with Crippen molar-refractivity contribution in [3.8, 4) is 5.75 Å². The van der Waals surface area contributed by atoms with Crippen LogP contribution < -0.4 is 10.1 Å². The first kappa shape index (κ1) is 9.96. The van der Waals surface area contributed by atoms with E-state index in [1.165, 1.54) is 0 Å². The normalized spacial score (nSPS) is 14.8. The SMILES string of the molecule is CNC(=O)c1ccc(OC2CC2)c(C)n1. The summed E-state index contributed by atoms with van der Waals surface area (Å²) in [5.41, 5.74) is 1.20. The zero-order valence-corrected chi connectivity index (χ0v) is 8.91. The maximum atomic E-state index is 11.3. The molecule has 0 bridgehead atoms. The summed E-state index contributed by atoms with van der Waals surface area (Å²) in [4.78, 5) is 15.5. The summed E-state index contributed by atoms with van der Waals surface area (Å²) in [6, 6.07) is 3.49. The van der Waals surface area contributed by atoms with Crippen LogP contribution in [-0.2, 0) is 0 Å². The predicted molar refractivity (Wildman–Crippen MR) is 56.0 cm³/mol. The lowest BCUT2D eigenvalue weighted by atomic mass is 10.3. The molecule has 0 aliphatic heterocycles. The molecule has 1 aliphatic rings. The Balaban J connectivity index is 2.17. The van der Waals surface area contributed by atoms with Crippen LogP contribution >= 0.6 is 0 Å². The molecular formula is C11H14N2O2. The van der Waals surface area contributed by atoms with E-state index in [-0.39, 0.29) is 5.91 Å². The average Bonchev–Trinajstić information content (AvgIpc) is 3.04. The number of carbonyl (C=O) groups is 1. The van der Waals surface area contributed by atoms with Gasteiger partial charge in [0.15, 0.2) is 0 Å². The molecule has 80 valence electrons. The van der Waals surface area contributed by atoms with Gasteiger partial charge in [0, 0.05) is 7.05 Å². The van der Waals surface area contributed by atoms with Crippen LogP contribution in [0.3, 0.4) is 0 Å². The largest absolute Gasteiger partial charge is 0.489 e. The number of nitrogens with one attached hydrogen (secondary N) is 1. The number of ether oxygens (including phenoxy) is 1. The maximum Gasteiger partial charge on any atom is 0.269 e. The number of aryl methyl sites for hydroxylation is 1. The molecule has 1 aromatic rings. The molecule has 0 saturated heterocycles. The van der Waals surface area contributed by atoms with Crippen LogP contribution in [-0.4, -0.2) is 24.0 Å². The lowest BCUT2D eigenvalue weighted by Gasteiger charge is -2.08. The Morgan fingerprint density at radius 1 is 1.53 bits per heavy atom. The van der Waals surface area contributed by atoms with Crippen molar-refractivity contribution >= 4 is 5.91 Å². The molecule has 0 atom stereocenters. The number of pyridine rings is 1. The molecule has 0 unspecified atom stereocenters. The number of hydrogen-bond acceptors (Lipinski definition) is 3. The summed E-state index contributed by atoms with van der Waals surface area (Å²) in [7, 11) is 1.59. The van der Waals surface area contributed by atoms with Gasteiger partial charge in [-0.15, -0.1) is 0 Å². The van der Waals surface area contributed by atoms with Crippen molar-refractivity contribution in [2.45, 2.75) is 25.9 Å². The molecule has 0 aromatic carbocycles. The van der Waals surface area contributed by atoms with Crippen molar-refractivity contribution in [2.75, 3.05) is 7.05 Å². The third-order valence-electron chi connectivity index (χ3n) is 2.32. The number of aromatic nitrogens is 1.